The fourth-order valence-electron chi connectivity index (χ4n) is 1.78. The van der Waals surface area contributed by atoms with Gasteiger partial charge in [0.1, 0.15) is 18.5 Å². The Hall–Kier alpha value is -2.56. The summed E-state index contributed by atoms with van der Waals surface area (Å²) in [7, 11) is 1.70. The zero-order chi connectivity index (χ0) is 15.2. The molecule has 0 saturated carbocycles. The Morgan fingerprint density at radius 1 is 1.24 bits per heavy atom. The van der Waals surface area contributed by atoms with Crippen LogP contribution in [0.2, 0.25) is 0 Å². The lowest BCUT2D eigenvalue weighted by atomic mass is 10.2. The number of nitrogens with zero attached hydrogens (tertiary/aromatic N) is 2. The van der Waals surface area contributed by atoms with Crippen molar-refractivity contribution in [3.63, 3.8) is 0 Å². The molecule has 21 heavy (non-hydrogen) atoms. The van der Waals surface area contributed by atoms with Gasteiger partial charge in [-0.1, -0.05) is 36.4 Å². The highest BCUT2D eigenvalue weighted by molar-refractivity contribution is 5.76. The number of aliphatic carboxylic acids is 1. The third-order valence-electron chi connectivity index (χ3n) is 3.24. The van der Waals surface area contributed by atoms with E-state index in [1.165, 1.54) is 0 Å². The highest BCUT2D eigenvalue weighted by Gasteiger charge is 2.18. The second kappa shape index (κ2) is 6.74. The van der Waals surface area contributed by atoms with Crippen molar-refractivity contribution in [2.45, 2.75) is 19.6 Å². The number of likely N-dealkylation sites (N-methyl/N-ethyl adjacent to an activating group) is 1. The van der Waals surface area contributed by atoms with Gasteiger partial charge in [0.2, 0.25) is 5.88 Å². The molecular formula is C16H18N2O3. The fraction of sp³-hybridized carbons (Fsp3) is 0.250. The Balaban J connectivity index is 2.05. The Kier molecular flexibility index (Phi) is 4.77. The van der Waals surface area contributed by atoms with E-state index in [1.807, 2.05) is 30.3 Å². The van der Waals surface area contributed by atoms with E-state index in [2.05, 4.69) is 4.98 Å². The Labute approximate surface area is 123 Å². The molecule has 2 rings (SSSR count). The van der Waals surface area contributed by atoms with E-state index in [-0.39, 0.29) is 0 Å². The molecular weight excluding hydrogens is 268 g/mol. The van der Waals surface area contributed by atoms with Crippen molar-refractivity contribution in [1.82, 2.24) is 4.98 Å². The fourth-order valence-corrected chi connectivity index (χ4v) is 1.78. The van der Waals surface area contributed by atoms with Crippen LogP contribution in [-0.2, 0) is 11.4 Å². The van der Waals surface area contributed by atoms with Gasteiger partial charge in [0.05, 0.1) is 0 Å². The lowest BCUT2D eigenvalue weighted by Gasteiger charge is -2.22. The first kappa shape index (κ1) is 14.8. The monoisotopic (exact) mass is 286 g/mol. The average molecular weight is 286 g/mol. The molecule has 0 radical (unpaired) electrons. The number of pyridine rings is 1. The van der Waals surface area contributed by atoms with Gasteiger partial charge >= 0.3 is 5.97 Å². The number of benzene rings is 1. The van der Waals surface area contributed by atoms with Crippen molar-refractivity contribution >= 4 is 11.8 Å². The van der Waals surface area contributed by atoms with Gasteiger partial charge in [0, 0.05) is 13.1 Å². The number of hydrogen-bond acceptors (Lipinski definition) is 4. The van der Waals surface area contributed by atoms with Crippen LogP contribution >= 0.6 is 0 Å². The molecule has 0 amide bonds. The van der Waals surface area contributed by atoms with Gasteiger partial charge < -0.3 is 14.7 Å². The van der Waals surface area contributed by atoms with Crippen LogP contribution in [0.4, 0.5) is 5.82 Å². The summed E-state index contributed by atoms with van der Waals surface area (Å²) in [5.74, 6) is 0.145. The van der Waals surface area contributed by atoms with E-state index in [0.29, 0.717) is 18.3 Å². The van der Waals surface area contributed by atoms with Crippen LogP contribution in [0.1, 0.15) is 12.5 Å². The number of anilines is 1. The van der Waals surface area contributed by atoms with Crippen molar-refractivity contribution in [2.24, 2.45) is 0 Å². The van der Waals surface area contributed by atoms with Crippen molar-refractivity contribution in [1.29, 1.82) is 0 Å². The highest BCUT2D eigenvalue weighted by Crippen LogP contribution is 2.17. The number of carboxylic acid groups (broad SMARTS) is 1. The van der Waals surface area contributed by atoms with Crippen LogP contribution in [-0.4, -0.2) is 29.1 Å². The maximum Gasteiger partial charge on any atom is 0.326 e. The lowest BCUT2D eigenvalue weighted by Crippen LogP contribution is -2.36. The third-order valence-corrected chi connectivity index (χ3v) is 3.24. The lowest BCUT2D eigenvalue weighted by molar-refractivity contribution is -0.138. The summed E-state index contributed by atoms with van der Waals surface area (Å²) in [6.07, 6.45) is 0. The SMILES string of the molecule is CC(C(=O)O)N(C)c1cccc(OCc2ccccc2)n1. The van der Waals surface area contributed by atoms with Crippen molar-refractivity contribution in [3.05, 3.63) is 54.1 Å². The molecule has 5 nitrogen and oxygen atoms in total. The number of aromatic nitrogens is 1. The molecule has 0 spiro atoms. The van der Waals surface area contributed by atoms with E-state index < -0.39 is 12.0 Å². The summed E-state index contributed by atoms with van der Waals surface area (Å²) in [4.78, 5) is 16.9. The number of carbonyl (C=O) groups is 1. The van der Waals surface area contributed by atoms with Gasteiger partial charge in [0.25, 0.3) is 0 Å². The average Bonchev–Trinajstić information content (AvgIpc) is 2.52. The largest absolute Gasteiger partial charge is 0.480 e. The maximum absolute atomic E-state index is 11.0. The Bertz CT molecular complexity index is 601. The molecule has 1 atom stereocenters. The first-order valence-corrected chi connectivity index (χ1v) is 6.67. The first-order valence-electron chi connectivity index (χ1n) is 6.67. The third kappa shape index (κ3) is 3.95. The molecule has 2 aromatic rings. The molecule has 0 bridgehead atoms. The smallest absolute Gasteiger partial charge is 0.326 e. The molecule has 0 aliphatic rings. The second-order valence-electron chi connectivity index (χ2n) is 4.73. The van der Waals surface area contributed by atoms with Gasteiger partial charge in [-0.05, 0) is 18.6 Å². The number of rotatable bonds is 6. The van der Waals surface area contributed by atoms with E-state index in [9.17, 15) is 4.79 Å². The molecule has 1 unspecified atom stereocenters. The molecule has 0 saturated heterocycles. The standard InChI is InChI=1S/C16H18N2O3/c1-12(16(19)20)18(2)14-9-6-10-15(17-14)21-11-13-7-4-3-5-8-13/h3-10,12H,11H2,1-2H3,(H,19,20). The molecule has 1 aromatic carbocycles. The van der Waals surface area contributed by atoms with E-state index in [4.69, 9.17) is 9.84 Å². The van der Waals surface area contributed by atoms with Crippen LogP contribution < -0.4 is 9.64 Å². The van der Waals surface area contributed by atoms with Crippen molar-refractivity contribution < 1.29 is 14.6 Å². The first-order chi connectivity index (χ1) is 10.1. The van der Waals surface area contributed by atoms with E-state index in [1.54, 1.807) is 37.1 Å². The maximum atomic E-state index is 11.0. The second-order valence-corrected chi connectivity index (χ2v) is 4.73. The molecule has 0 fully saturated rings. The van der Waals surface area contributed by atoms with Gasteiger partial charge in [-0.3, -0.25) is 0 Å². The van der Waals surface area contributed by atoms with Crippen LogP contribution in [0.25, 0.3) is 0 Å². The summed E-state index contributed by atoms with van der Waals surface area (Å²) >= 11 is 0. The van der Waals surface area contributed by atoms with Gasteiger partial charge in [-0.2, -0.15) is 4.98 Å². The van der Waals surface area contributed by atoms with E-state index in [0.717, 1.165) is 5.56 Å². The quantitative estimate of drug-likeness (QED) is 0.884. The summed E-state index contributed by atoms with van der Waals surface area (Å²) in [5.41, 5.74) is 1.05. The normalized spacial score (nSPS) is 11.7. The van der Waals surface area contributed by atoms with Gasteiger partial charge in [0.15, 0.2) is 0 Å². The van der Waals surface area contributed by atoms with Gasteiger partial charge in [-0.15, -0.1) is 0 Å². The summed E-state index contributed by atoms with van der Waals surface area (Å²) in [5, 5.41) is 9.03. The minimum Gasteiger partial charge on any atom is -0.480 e. The molecule has 110 valence electrons. The topological polar surface area (TPSA) is 62.7 Å². The molecule has 0 aliphatic carbocycles. The Morgan fingerprint density at radius 2 is 1.95 bits per heavy atom. The summed E-state index contributed by atoms with van der Waals surface area (Å²) in [6.45, 7) is 2.04. The number of carboxylic acids is 1. The van der Waals surface area contributed by atoms with Crippen molar-refractivity contribution in [2.75, 3.05) is 11.9 Å². The van der Waals surface area contributed by atoms with E-state index >= 15 is 0 Å². The predicted molar refractivity (Wildman–Crippen MR) is 80.5 cm³/mol. The Morgan fingerprint density at radius 3 is 2.62 bits per heavy atom. The van der Waals surface area contributed by atoms with Crippen LogP contribution in [0.3, 0.4) is 0 Å². The minimum atomic E-state index is -0.894. The zero-order valence-electron chi connectivity index (χ0n) is 12.1. The van der Waals surface area contributed by atoms with Crippen LogP contribution in [0.15, 0.2) is 48.5 Å². The molecule has 0 aliphatic heterocycles. The molecule has 1 N–H and O–H groups in total. The zero-order valence-corrected chi connectivity index (χ0v) is 12.1. The molecule has 5 heteroatoms. The number of ether oxygens (including phenoxy) is 1. The minimum absolute atomic E-state index is 0.426. The summed E-state index contributed by atoms with van der Waals surface area (Å²) < 4.78 is 5.64. The highest BCUT2D eigenvalue weighted by atomic mass is 16.5. The molecule has 1 heterocycles. The van der Waals surface area contributed by atoms with Crippen LogP contribution in [0, 0.1) is 0 Å². The van der Waals surface area contributed by atoms with Crippen LogP contribution in [0.5, 0.6) is 5.88 Å². The predicted octanol–water partition coefficient (Wildman–Crippen LogP) is 2.57. The van der Waals surface area contributed by atoms with Crippen molar-refractivity contribution in [3.8, 4) is 5.88 Å². The van der Waals surface area contributed by atoms with Gasteiger partial charge in [-0.25, -0.2) is 4.79 Å². The summed E-state index contributed by atoms with van der Waals surface area (Å²) in [6, 6.07) is 14.5. The molecule has 1 aromatic heterocycles. The number of hydrogen-bond donors (Lipinski definition) is 1.